The molecule has 0 bridgehead atoms. The molecule has 65 heavy (non-hydrogen) atoms. The molecule has 0 saturated heterocycles. The summed E-state index contributed by atoms with van der Waals surface area (Å²) in [4.78, 5) is 38.1. The van der Waals surface area contributed by atoms with Crippen LogP contribution in [0.15, 0.2) is 0 Å². The molecule has 6 nitrogen and oxygen atoms in total. The molecule has 386 valence electrons. The summed E-state index contributed by atoms with van der Waals surface area (Å²) in [6.45, 7) is 9.07. The van der Waals surface area contributed by atoms with E-state index >= 15 is 0 Å². The normalized spacial score (nSPS) is 12.0. The second kappa shape index (κ2) is 53.4. The van der Waals surface area contributed by atoms with Gasteiger partial charge in [-0.3, -0.25) is 14.4 Å². The first-order chi connectivity index (χ1) is 31.9. The van der Waals surface area contributed by atoms with E-state index in [0.29, 0.717) is 19.3 Å². The van der Waals surface area contributed by atoms with E-state index in [1.165, 1.54) is 231 Å². The van der Waals surface area contributed by atoms with Gasteiger partial charge >= 0.3 is 17.9 Å². The molecule has 0 aliphatic carbocycles. The number of ether oxygens (including phenoxy) is 3. The average molecular weight is 920 g/mol. The number of unbranched alkanes of at least 4 members (excludes halogenated alkanes) is 41. The van der Waals surface area contributed by atoms with Gasteiger partial charge < -0.3 is 14.2 Å². The van der Waals surface area contributed by atoms with Crippen molar-refractivity contribution in [1.82, 2.24) is 0 Å². The van der Waals surface area contributed by atoms with Crippen LogP contribution in [0.5, 0.6) is 0 Å². The van der Waals surface area contributed by atoms with E-state index in [1.54, 1.807) is 0 Å². The number of carbonyl (C=O) groups excluding carboxylic acids is 3. The molecule has 0 rings (SSSR count). The maximum atomic E-state index is 12.8. The maximum absolute atomic E-state index is 12.8. The molecule has 0 aliphatic rings. The summed E-state index contributed by atoms with van der Waals surface area (Å²) in [5.41, 5.74) is 0. The molecule has 0 aliphatic heterocycles. The van der Waals surface area contributed by atoms with Gasteiger partial charge in [-0.2, -0.15) is 0 Å². The quantitative estimate of drug-likeness (QED) is 0.0344. The van der Waals surface area contributed by atoms with Crippen molar-refractivity contribution in [2.45, 2.75) is 342 Å². The van der Waals surface area contributed by atoms with Gasteiger partial charge in [-0.15, -0.1) is 0 Å². The summed E-state index contributed by atoms with van der Waals surface area (Å²) in [6, 6.07) is 0. The van der Waals surface area contributed by atoms with Gasteiger partial charge in [0.2, 0.25) is 0 Å². The van der Waals surface area contributed by atoms with Crippen molar-refractivity contribution in [3.63, 3.8) is 0 Å². The van der Waals surface area contributed by atoms with Crippen LogP contribution in [0.4, 0.5) is 0 Å². The summed E-state index contributed by atoms with van der Waals surface area (Å²) in [6.07, 6.45) is 58.0. The second-order valence-electron chi connectivity index (χ2n) is 20.8. The average Bonchev–Trinajstić information content (AvgIpc) is 3.29. The zero-order valence-corrected chi connectivity index (χ0v) is 44.5. The lowest BCUT2D eigenvalue weighted by molar-refractivity contribution is -0.167. The number of hydrogen-bond donors (Lipinski definition) is 0. The molecular formula is C59H114O6. The molecule has 6 heteroatoms. The van der Waals surface area contributed by atoms with Gasteiger partial charge in [-0.25, -0.2) is 0 Å². The zero-order chi connectivity index (χ0) is 47.4. The number of hydrogen-bond acceptors (Lipinski definition) is 6. The fourth-order valence-corrected chi connectivity index (χ4v) is 9.10. The number of rotatable bonds is 54. The third kappa shape index (κ3) is 53.2. The fraction of sp³-hybridized carbons (Fsp3) is 0.949. The molecule has 0 spiro atoms. The molecule has 0 saturated carbocycles. The van der Waals surface area contributed by atoms with Crippen LogP contribution in [0, 0.1) is 5.92 Å². The monoisotopic (exact) mass is 919 g/mol. The Morgan fingerprint density at radius 1 is 0.292 bits per heavy atom. The molecule has 0 aromatic carbocycles. The predicted octanol–water partition coefficient (Wildman–Crippen LogP) is 19.4. The van der Waals surface area contributed by atoms with E-state index in [2.05, 4.69) is 27.7 Å². The highest BCUT2D eigenvalue weighted by Gasteiger charge is 2.19. The van der Waals surface area contributed by atoms with Crippen molar-refractivity contribution in [3.05, 3.63) is 0 Å². The summed E-state index contributed by atoms with van der Waals surface area (Å²) < 4.78 is 16.9. The first-order valence-corrected chi connectivity index (χ1v) is 29.4. The molecule has 0 amide bonds. The standard InChI is InChI=1S/C59H114O6/c1-5-7-9-11-13-15-17-19-20-23-27-30-34-38-42-46-50-57(60)63-53-56(65-59(62)52-48-44-40-36-32-25-18-16-14-12-10-8-6-2)54-64-58(61)51-47-43-39-35-31-28-24-21-22-26-29-33-37-41-45-49-55(3)4/h55-56H,5-54H2,1-4H3/t56-/m1/s1. The lowest BCUT2D eigenvalue weighted by atomic mass is 10.0. The molecule has 0 aromatic rings. The van der Waals surface area contributed by atoms with E-state index in [4.69, 9.17) is 14.2 Å². The van der Waals surface area contributed by atoms with Gasteiger partial charge in [0.05, 0.1) is 0 Å². The van der Waals surface area contributed by atoms with Gasteiger partial charge in [-0.05, 0) is 25.2 Å². The van der Waals surface area contributed by atoms with Gasteiger partial charge in [0.15, 0.2) is 6.10 Å². The Kier molecular flexibility index (Phi) is 52.1. The SMILES string of the molecule is CCCCCCCCCCCCCCCCCCC(=O)OC[C@H](COC(=O)CCCCCCCCCCCCCCCCCC(C)C)OC(=O)CCCCCCCCCCCCCCC. The summed E-state index contributed by atoms with van der Waals surface area (Å²) >= 11 is 0. The first kappa shape index (κ1) is 63.4. The molecule has 0 fully saturated rings. The Morgan fingerprint density at radius 2 is 0.508 bits per heavy atom. The molecule has 0 unspecified atom stereocenters. The van der Waals surface area contributed by atoms with Crippen molar-refractivity contribution in [2.24, 2.45) is 5.92 Å². The molecule has 0 aromatic heterocycles. The van der Waals surface area contributed by atoms with Crippen molar-refractivity contribution < 1.29 is 28.6 Å². The highest BCUT2D eigenvalue weighted by molar-refractivity contribution is 5.71. The highest BCUT2D eigenvalue weighted by Crippen LogP contribution is 2.18. The molecule has 0 heterocycles. The molecule has 0 N–H and O–H groups in total. The van der Waals surface area contributed by atoms with Crippen molar-refractivity contribution >= 4 is 17.9 Å². The van der Waals surface area contributed by atoms with Crippen LogP contribution in [0.2, 0.25) is 0 Å². The second-order valence-corrected chi connectivity index (χ2v) is 20.8. The molecular weight excluding hydrogens is 805 g/mol. The van der Waals surface area contributed by atoms with Crippen LogP contribution < -0.4 is 0 Å². The van der Waals surface area contributed by atoms with E-state index in [0.717, 1.165) is 63.7 Å². The third-order valence-corrected chi connectivity index (χ3v) is 13.5. The Bertz CT molecular complexity index is 980. The van der Waals surface area contributed by atoms with Gasteiger partial charge in [-0.1, -0.05) is 297 Å². The van der Waals surface area contributed by atoms with E-state index in [9.17, 15) is 14.4 Å². The largest absolute Gasteiger partial charge is 0.462 e. The lowest BCUT2D eigenvalue weighted by Gasteiger charge is -2.18. The van der Waals surface area contributed by atoms with Crippen LogP contribution >= 0.6 is 0 Å². The summed E-state index contributed by atoms with van der Waals surface area (Å²) in [7, 11) is 0. The van der Waals surface area contributed by atoms with Crippen molar-refractivity contribution in [3.8, 4) is 0 Å². The Balaban J connectivity index is 4.27. The van der Waals surface area contributed by atoms with E-state index in [-0.39, 0.29) is 31.1 Å². The first-order valence-electron chi connectivity index (χ1n) is 29.4. The minimum Gasteiger partial charge on any atom is -0.462 e. The minimum atomic E-state index is -0.761. The predicted molar refractivity (Wildman–Crippen MR) is 280 cm³/mol. The zero-order valence-electron chi connectivity index (χ0n) is 44.5. The maximum Gasteiger partial charge on any atom is 0.306 e. The van der Waals surface area contributed by atoms with Crippen LogP contribution in [-0.4, -0.2) is 37.2 Å². The van der Waals surface area contributed by atoms with Crippen LogP contribution in [0.25, 0.3) is 0 Å². The minimum absolute atomic E-state index is 0.0616. The van der Waals surface area contributed by atoms with Crippen LogP contribution in [0.1, 0.15) is 336 Å². The third-order valence-electron chi connectivity index (χ3n) is 13.5. The molecule has 1 atom stereocenters. The Hall–Kier alpha value is -1.59. The topological polar surface area (TPSA) is 78.9 Å². The lowest BCUT2D eigenvalue weighted by Crippen LogP contribution is -2.30. The van der Waals surface area contributed by atoms with Crippen LogP contribution in [-0.2, 0) is 28.6 Å². The van der Waals surface area contributed by atoms with Gasteiger partial charge in [0.25, 0.3) is 0 Å². The number of carbonyl (C=O) groups is 3. The summed E-state index contributed by atoms with van der Waals surface area (Å²) in [5, 5.41) is 0. The van der Waals surface area contributed by atoms with Crippen molar-refractivity contribution in [2.75, 3.05) is 13.2 Å². The van der Waals surface area contributed by atoms with Crippen molar-refractivity contribution in [1.29, 1.82) is 0 Å². The van der Waals surface area contributed by atoms with Gasteiger partial charge in [0.1, 0.15) is 13.2 Å². The van der Waals surface area contributed by atoms with E-state index < -0.39 is 6.10 Å². The van der Waals surface area contributed by atoms with Gasteiger partial charge in [0, 0.05) is 19.3 Å². The summed E-state index contributed by atoms with van der Waals surface area (Å²) in [5.74, 6) is 0.0156. The van der Waals surface area contributed by atoms with Crippen LogP contribution in [0.3, 0.4) is 0 Å². The Labute approximate surface area is 406 Å². The van der Waals surface area contributed by atoms with E-state index in [1.807, 2.05) is 0 Å². The smallest absolute Gasteiger partial charge is 0.306 e. The fourth-order valence-electron chi connectivity index (χ4n) is 9.10. The Morgan fingerprint density at radius 3 is 0.754 bits per heavy atom. The highest BCUT2D eigenvalue weighted by atomic mass is 16.6. The number of esters is 3. The molecule has 0 radical (unpaired) electrons.